The highest BCUT2D eigenvalue weighted by Gasteiger charge is 2.42. The molecule has 100 valence electrons. The number of ether oxygens (including phenoxy) is 1. The van der Waals surface area contributed by atoms with E-state index in [1.54, 1.807) is 6.92 Å². The van der Waals surface area contributed by atoms with Gasteiger partial charge in [-0.05, 0) is 25.5 Å². The molecule has 0 heterocycles. The zero-order valence-electron chi connectivity index (χ0n) is 10.9. The molecule has 5 heteroatoms. The molecule has 0 spiro atoms. The van der Waals surface area contributed by atoms with Crippen LogP contribution in [0.25, 0.3) is 0 Å². The van der Waals surface area contributed by atoms with Crippen LogP contribution in [0.1, 0.15) is 40.7 Å². The summed E-state index contributed by atoms with van der Waals surface area (Å²) in [7, 11) is 1.43. The van der Waals surface area contributed by atoms with E-state index in [4.69, 9.17) is 16.3 Å². The van der Waals surface area contributed by atoms with Crippen LogP contribution in [0.15, 0.2) is 6.07 Å². The van der Waals surface area contributed by atoms with Crippen LogP contribution >= 0.6 is 11.6 Å². The van der Waals surface area contributed by atoms with Gasteiger partial charge in [0, 0.05) is 17.0 Å². The number of carbonyl (C=O) groups is 3. The Balaban J connectivity index is 2.67. The predicted molar refractivity (Wildman–Crippen MR) is 70.1 cm³/mol. The molecule has 0 amide bonds. The fourth-order valence-corrected chi connectivity index (χ4v) is 2.53. The second-order valence-electron chi connectivity index (χ2n) is 4.58. The summed E-state index contributed by atoms with van der Waals surface area (Å²) in [5.41, 5.74) is 1.57. The Hall–Kier alpha value is -1.68. The van der Waals surface area contributed by atoms with Gasteiger partial charge in [0.1, 0.15) is 5.75 Å². The van der Waals surface area contributed by atoms with Gasteiger partial charge in [0.25, 0.3) is 0 Å². The molecule has 1 saturated carbocycles. The SMILES string of the molecule is COc1c(C(C)=O)cc(Cl)c(C)c1C1CC(=O)C1=O. The van der Waals surface area contributed by atoms with Gasteiger partial charge in [0.2, 0.25) is 5.78 Å². The zero-order valence-corrected chi connectivity index (χ0v) is 11.6. The molecule has 1 fully saturated rings. The Morgan fingerprint density at radius 2 is 2.05 bits per heavy atom. The summed E-state index contributed by atoms with van der Waals surface area (Å²) in [5, 5.41) is 0.396. The molecular formula is C14H13ClO4. The number of carbonyl (C=O) groups excluding carboxylic acids is 3. The van der Waals surface area contributed by atoms with Crippen molar-refractivity contribution in [1.29, 1.82) is 0 Å². The van der Waals surface area contributed by atoms with Crippen molar-refractivity contribution in [2.45, 2.75) is 26.2 Å². The molecule has 1 unspecified atom stereocenters. The predicted octanol–water partition coefficient (Wildman–Crippen LogP) is 2.49. The Morgan fingerprint density at radius 1 is 1.42 bits per heavy atom. The topological polar surface area (TPSA) is 60.4 Å². The largest absolute Gasteiger partial charge is 0.496 e. The van der Waals surface area contributed by atoms with Crippen molar-refractivity contribution in [3.05, 3.63) is 27.8 Å². The summed E-state index contributed by atoms with van der Waals surface area (Å²) in [4.78, 5) is 34.4. The first-order valence-corrected chi connectivity index (χ1v) is 6.21. The van der Waals surface area contributed by atoms with Gasteiger partial charge < -0.3 is 4.74 Å². The summed E-state index contributed by atoms with van der Waals surface area (Å²) in [5.74, 6) is -1.23. The van der Waals surface area contributed by atoms with E-state index in [9.17, 15) is 14.4 Å². The average Bonchev–Trinajstić information content (AvgIpc) is 2.38. The van der Waals surface area contributed by atoms with E-state index in [1.165, 1.54) is 20.1 Å². The molecule has 0 radical (unpaired) electrons. The molecule has 0 aliphatic heterocycles. The van der Waals surface area contributed by atoms with Crippen LogP contribution in [0, 0.1) is 6.92 Å². The van der Waals surface area contributed by atoms with Crippen LogP contribution < -0.4 is 4.74 Å². The zero-order chi connectivity index (χ0) is 14.3. The Kier molecular flexibility index (Phi) is 3.45. The minimum Gasteiger partial charge on any atom is -0.496 e. The standard InChI is InChI=1S/C14H13ClO4/c1-6-10(15)4-8(7(2)16)14(19-3)12(6)9-5-11(17)13(9)18/h4,9H,5H2,1-3H3. The minimum absolute atomic E-state index is 0.147. The van der Waals surface area contributed by atoms with E-state index in [0.717, 1.165) is 0 Å². The van der Waals surface area contributed by atoms with Crippen LogP contribution in [0.3, 0.4) is 0 Å². The first-order chi connectivity index (χ1) is 8.88. The van der Waals surface area contributed by atoms with Crippen molar-refractivity contribution in [3.63, 3.8) is 0 Å². The number of Topliss-reactive ketones (excluding diaryl/α,β-unsaturated/α-hetero) is 3. The third kappa shape index (κ3) is 2.06. The third-order valence-corrected chi connectivity index (χ3v) is 3.83. The maximum Gasteiger partial charge on any atom is 0.206 e. The molecule has 1 atom stereocenters. The van der Waals surface area contributed by atoms with Gasteiger partial charge in [0.05, 0.1) is 18.6 Å². The van der Waals surface area contributed by atoms with E-state index < -0.39 is 17.5 Å². The summed E-state index contributed by atoms with van der Waals surface area (Å²) in [6, 6.07) is 1.53. The normalized spacial score (nSPS) is 18.2. The van der Waals surface area contributed by atoms with E-state index in [1.807, 2.05) is 0 Å². The van der Waals surface area contributed by atoms with Gasteiger partial charge in [-0.1, -0.05) is 11.6 Å². The van der Waals surface area contributed by atoms with Crippen molar-refractivity contribution in [2.24, 2.45) is 0 Å². The van der Waals surface area contributed by atoms with E-state index in [-0.39, 0.29) is 12.2 Å². The van der Waals surface area contributed by atoms with Crippen molar-refractivity contribution in [3.8, 4) is 5.75 Å². The highest BCUT2D eigenvalue weighted by atomic mass is 35.5. The highest BCUT2D eigenvalue weighted by molar-refractivity contribution is 6.46. The summed E-state index contributed by atoms with van der Waals surface area (Å²) < 4.78 is 5.27. The number of ketones is 3. The minimum atomic E-state index is -0.542. The van der Waals surface area contributed by atoms with Crippen molar-refractivity contribution in [1.82, 2.24) is 0 Å². The quantitative estimate of drug-likeness (QED) is 0.630. The van der Waals surface area contributed by atoms with Crippen LogP contribution in [0.5, 0.6) is 5.75 Å². The number of methoxy groups -OCH3 is 1. The lowest BCUT2D eigenvalue weighted by molar-refractivity contribution is -0.144. The summed E-state index contributed by atoms with van der Waals surface area (Å²) >= 11 is 6.10. The molecule has 19 heavy (non-hydrogen) atoms. The molecule has 4 nitrogen and oxygen atoms in total. The Morgan fingerprint density at radius 3 is 2.47 bits per heavy atom. The lowest BCUT2D eigenvalue weighted by atomic mass is 9.75. The van der Waals surface area contributed by atoms with Crippen LogP contribution in [-0.2, 0) is 9.59 Å². The van der Waals surface area contributed by atoms with Crippen molar-refractivity contribution < 1.29 is 19.1 Å². The smallest absolute Gasteiger partial charge is 0.206 e. The van der Waals surface area contributed by atoms with Crippen molar-refractivity contribution >= 4 is 29.0 Å². The molecule has 0 saturated heterocycles. The maximum atomic E-state index is 11.6. The van der Waals surface area contributed by atoms with Crippen LogP contribution in [-0.4, -0.2) is 24.5 Å². The Bertz CT molecular complexity index is 604. The molecule has 1 aliphatic rings. The molecule has 0 aromatic heterocycles. The number of benzene rings is 1. The van der Waals surface area contributed by atoms with Crippen LogP contribution in [0.2, 0.25) is 5.02 Å². The first-order valence-electron chi connectivity index (χ1n) is 5.83. The number of hydrogen-bond donors (Lipinski definition) is 0. The molecule has 1 aromatic carbocycles. The lowest BCUT2D eigenvalue weighted by Crippen LogP contribution is -2.36. The molecular weight excluding hydrogens is 268 g/mol. The lowest BCUT2D eigenvalue weighted by Gasteiger charge is -2.27. The van der Waals surface area contributed by atoms with Gasteiger partial charge >= 0.3 is 0 Å². The van der Waals surface area contributed by atoms with Gasteiger partial charge in [-0.15, -0.1) is 0 Å². The fraction of sp³-hybridized carbons (Fsp3) is 0.357. The van der Waals surface area contributed by atoms with Gasteiger partial charge in [0.15, 0.2) is 11.6 Å². The first kappa shape index (κ1) is 13.7. The second-order valence-corrected chi connectivity index (χ2v) is 4.99. The van der Waals surface area contributed by atoms with E-state index in [2.05, 4.69) is 0 Å². The van der Waals surface area contributed by atoms with Gasteiger partial charge in [-0.3, -0.25) is 14.4 Å². The Labute approximate surface area is 115 Å². The summed E-state index contributed by atoms with van der Waals surface area (Å²) in [6.45, 7) is 3.15. The van der Waals surface area contributed by atoms with Crippen molar-refractivity contribution in [2.75, 3.05) is 7.11 Å². The van der Waals surface area contributed by atoms with Gasteiger partial charge in [-0.25, -0.2) is 0 Å². The number of hydrogen-bond acceptors (Lipinski definition) is 4. The second kappa shape index (κ2) is 4.78. The van der Waals surface area contributed by atoms with Crippen LogP contribution in [0.4, 0.5) is 0 Å². The van der Waals surface area contributed by atoms with E-state index >= 15 is 0 Å². The molecule has 2 rings (SSSR count). The molecule has 0 bridgehead atoms. The molecule has 1 aromatic rings. The number of halogens is 1. The van der Waals surface area contributed by atoms with Gasteiger partial charge in [-0.2, -0.15) is 0 Å². The monoisotopic (exact) mass is 280 g/mol. The molecule has 0 N–H and O–H groups in total. The number of rotatable bonds is 3. The molecule has 1 aliphatic carbocycles. The van der Waals surface area contributed by atoms with E-state index in [0.29, 0.717) is 27.5 Å². The highest BCUT2D eigenvalue weighted by Crippen LogP contribution is 2.42. The third-order valence-electron chi connectivity index (χ3n) is 3.44. The fourth-order valence-electron chi connectivity index (χ4n) is 2.32. The summed E-state index contributed by atoms with van der Waals surface area (Å²) in [6.07, 6.45) is 0.147. The average molecular weight is 281 g/mol. The maximum absolute atomic E-state index is 11.6.